The molecule has 0 aromatic carbocycles. The molecule has 5 nitrogen and oxygen atoms in total. The number of hydrogen-bond donors (Lipinski definition) is 0. The summed E-state index contributed by atoms with van der Waals surface area (Å²) in [5.74, 6) is 0.554. The van der Waals surface area contributed by atoms with Crippen LogP contribution in [0.5, 0.6) is 0 Å². The Kier molecular flexibility index (Phi) is 4.19. The molecule has 2 rings (SSSR count). The minimum atomic E-state index is -0.382. The molecular formula is C13H18N2O3S. The molecule has 1 aliphatic heterocycles. The van der Waals surface area contributed by atoms with Crippen molar-refractivity contribution in [2.45, 2.75) is 33.1 Å². The van der Waals surface area contributed by atoms with Gasteiger partial charge in [-0.3, -0.25) is 14.9 Å². The molecule has 2 heterocycles. The zero-order valence-corrected chi connectivity index (χ0v) is 12.0. The van der Waals surface area contributed by atoms with Gasteiger partial charge in [0.05, 0.1) is 9.80 Å². The number of nitro groups is 1. The number of carbonyl (C=O) groups is 1. The highest BCUT2D eigenvalue weighted by molar-refractivity contribution is 7.18. The molecule has 0 bridgehead atoms. The molecule has 1 unspecified atom stereocenters. The van der Waals surface area contributed by atoms with Crippen LogP contribution in [0, 0.1) is 16.0 Å². The molecule has 1 aromatic rings. The topological polar surface area (TPSA) is 63.4 Å². The third-order valence-electron chi connectivity index (χ3n) is 3.54. The molecular weight excluding hydrogens is 264 g/mol. The minimum absolute atomic E-state index is 0.0738. The van der Waals surface area contributed by atoms with Gasteiger partial charge in [0.25, 0.3) is 0 Å². The molecule has 0 radical (unpaired) electrons. The highest BCUT2D eigenvalue weighted by Gasteiger charge is 2.26. The summed E-state index contributed by atoms with van der Waals surface area (Å²) >= 11 is 1.25. The fourth-order valence-electron chi connectivity index (χ4n) is 2.37. The Hall–Kier alpha value is -1.43. The van der Waals surface area contributed by atoms with Crippen molar-refractivity contribution in [3.05, 3.63) is 21.1 Å². The van der Waals surface area contributed by atoms with Crippen LogP contribution in [-0.2, 0) is 0 Å². The zero-order valence-electron chi connectivity index (χ0n) is 11.2. The van der Waals surface area contributed by atoms with Crippen molar-refractivity contribution in [1.82, 2.24) is 0 Å². The predicted octanol–water partition coefficient (Wildman–Crippen LogP) is 3.49. The van der Waals surface area contributed by atoms with Crippen molar-refractivity contribution >= 4 is 27.8 Å². The van der Waals surface area contributed by atoms with Gasteiger partial charge in [0.2, 0.25) is 0 Å². The smallest absolute Gasteiger partial charge is 0.304 e. The maximum Gasteiger partial charge on any atom is 0.304 e. The lowest BCUT2D eigenvalue weighted by Crippen LogP contribution is -2.23. The first-order valence-corrected chi connectivity index (χ1v) is 7.34. The van der Waals surface area contributed by atoms with Crippen molar-refractivity contribution in [2.75, 3.05) is 18.0 Å². The molecule has 19 heavy (non-hydrogen) atoms. The Morgan fingerprint density at radius 3 is 2.84 bits per heavy atom. The summed E-state index contributed by atoms with van der Waals surface area (Å²) in [6.45, 7) is 5.33. The van der Waals surface area contributed by atoms with E-state index in [-0.39, 0.29) is 16.4 Å². The number of carbonyl (C=O) groups excluding carboxylic acids is 1. The van der Waals surface area contributed by atoms with E-state index >= 15 is 0 Å². The summed E-state index contributed by atoms with van der Waals surface area (Å²) < 4.78 is 0. The summed E-state index contributed by atoms with van der Waals surface area (Å²) in [6.07, 6.45) is 3.26. The Morgan fingerprint density at radius 2 is 2.21 bits per heavy atom. The first kappa shape index (κ1) is 14.0. The van der Waals surface area contributed by atoms with Crippen molar-refractivity contribution in [2.24, 2.45) is 5.92 Å². The van der Waals surface area contributed by atoms with Gasteiger partial charge in [-0.2, -0.15) is 0 Å². The molecule has 6 heteroatoms. The monoisotopic (exact) mass is 282 g/mol. The van der Waals surface area contributed by atoms with E-state index < -0.39 is 0 Å². The Morgan fingerprint density at radius 1 is 1.47 bits per heavy atom. The molecule has 0 aliphatic carbocycles. The summed E-state index contributed by atoms with van der Waals surface area (Å²) in [5, 5.41) is 11.8. The number of ketones is 1. The van der Waals surface area contributed by atoms with Crippen molar-refractivity contribution < 1.29 is 9.72 Å². The SMILES string of the molecule is CC(=O)c1cc([N+](=O)[O-])c(N2CCCC(C)CC2)s1. The maximum atomic E-state index is 11.4. The third kappa shape index (κ3) is 3.12. The van der Waals surface area contributed by atoms with E-state index in [4.69, 9.17) is 0 Å². The van der Waals surface area contributed by atoms with Crippen LogP contribution in [-0.4, -0.2) is 23.8 Å². The van der Waals surface area contributed by atoms with E-state index in [9.17, 15) is 14.9 Å². The molecule has 1 atom stereocenters. The molecule has 104 valence electrons. The zero-order chi connectivity index (χ0) is 14.0. The van der Waals surface area contributed by atoms with Crippen LogP contribution in [0.3, 0.4) is 0 Å². The van der Waals surface area contributed by atoms with E-state index in [1.165, 1.54) is 24.3 Å². The number of thiophene rings is 1. The summed E-state index contributed by atoms with van der Waals surface area (Å²) in [7, 11) is 0. The van der Waals surface area contributed by atoms with Crippen LogP contribution < -0.4 is 4.90 Å². The molecule has 0 N–H and O–H groups in total. The standard InChI is InChI=1S/C13H18N2O3S/c1-9-4-3-6-14(7-5-9)13-11(15(17)18)8-12(19-13)10(2)16/h8-9H,3-7H2,1-2H3. The number of anilines is 1. The van der Waals surface area contributed by atoms with Gasteiger partial charge in [-0.15, -0.1) is 11.3 Å². The van der Waals surface area contributed by atoms with Crippen molar-refractivity contribution in [3.63, 3.8) is 0 Å². The average Bonchev–Trinajstić information content (AvgIpc) is 2.68. The summed E-state index contributed by atoms with van der Waals surface area (Å²) in [4.78, 5) is 24.7. The minimum Gasteiger partial charge on any atom is -0.358 e. The van der Waals surface area contributed by atoms with Gasteiger partial charge in [-0.05, 0) is 32.1 Å². The van der Waals surface area contributed by atoms with E-state index in [1.807, 2.05) is 0 Å². The second-order valence-corrected chi connectivity index (χ2v) is 6.17. The lowest BCUT2D eigenvalue weighted by molar-refractivity contribution is -0.383. The fraction of sp³-hybridized carbons (Fsp3) is 0.615. The van der Waals surface area contributed by atoms with Gasteiger partial charge in [0.15, 0.2) is 10.8 Å². The second kappa shape index (κ2) is 5.69. The molecule has 1 aromatic heterocycles. The average molecular weight is 282 g/mol. The predicted molar refractivity (Wildman–Crippen MR) is 76.2 cm³/mol. The van der Waals surface area contributed by atoms with Crippen LogP contribution in [0.2, 0.25) is 0 Å². The Labute approximate surface area is 116 Å². The van der Waals surface area contributed by atoms with Crippen LogP contribution in [0.15, 0.2) is 6.07 Å². The van der Waals surface area contributed by atoms with E-state index in [0.29, 0.717) is 15.8 Å². The highest BCUT2D eigenvalue weighted by atomic mass is 32.1. The number of rotatable bonds is 3. The Bertz CT molecular complexity index is 498. The largest absolute Gasteiger partial charge is 0.358 e. The third-order valence-corrected chi connectivity index (χ3v) is 4.83. The maximum absolute atomic E-state index is 11.4. The first-order valence-electron chi connectivity index (χ1n) is 6.53. The second-order valence-electron chi connectivity index (χ2n) is 5.14. The lowest BCUT2D eigenvalue weighted by Gasteiger charge is -2.19. The number of Topliss-reactive ketones (excluding diaryl/α,β-unsaturated/α-hetero) is 1. The quantitative estimate of drug-likeness (QED) is 0.483. The molecule has 0 spiro atoms. The molecule has 0 saturated carbocycles. The van der Waals surface area contributed by atoms with Gasteiger partial charge >= 0.3 is 5.69 Å². The van der Waals surface area contributed by atoms with E-state index in [1.54, 1.807) is 0 Å². The van der Waals surface area contributed by atoms with Gasteiger partial charge in [0, 0.05) is 19.2 Å². The van der Waals surface area contributed by atoms with Crippen molar-refractivity contribution in [3.8, 4) is 0 Å². The number of nitrogens with zero attached hydrogens (tertiary/aromatic N) is 2. The molecule has 1 fully saturated rings. The fourth-order valence-corrected chi connectivity index (χ4v) is 3.44. The molecule has 0 amide bonds. The van der Waals surface area contributed by atoms with E-state index in [0.717, 1.165) is 32.4 Å². The highest BCUT2D eigenvalue weighted by Crippen LogP contribution is 2.39. The van der Waals surface area contributed by atoms with Gasteiger partial charge in [-0.25, -0.2) is 0 Å². The normalized spacial score (nSPS) is 20.1. The number of hydrogen-bond acceptors (Lipinski definition) is 5. The molecule has 1 aliphatic rings. The molecule has 1 saturated heterocycles. The van der Waals surface area contributed by atoms with Crippen LogP contribution in [0.1, 0.15) is 42.8 Å². The van der Waals surface area contributed by atoms with Gasteiger partial charge < -0.3 is 4.90 Å². The van der Waals surface area contributed by atoms with Crippen LogP contribution >= 0.6 is 11.3 Å². The van der Waals surface area contributed by atoms with Gasteiger partial charge in [0.1, 0.15) is 0 Å². The summed E-state index contributed by atoms with van der Waals surface area (Å²) in [6, 6.07) is 1.41. The Balaban J connectivity index is 2.31. The van der Waals surface area contributed by atoms with Crippen LogP contribution in [0.4, 0.5) is 10.7 Å². The lowest BCUT2D eigenvalue weighted by atomic mass is 10.0. The van der Waals surface area contributed by atoms with Crippen LogP contribution in [0.25, 0.3) is 0 Å². The van der Waals surface area contributed by atoms with Crippen molar-refractivity contribution in [1.29, 1.82) is 0 Å². The summed E-state index contributed by atoms with van der Waals surface area (Å²) in [5.41, 5.74) is 0.0738. The first-order chi connectivity index (χ1) is 8.99. The van der Waals surface area contributed by atoms with E-state index in [2.05, 4.69) is 11.8 Å². The van der Waals surface area contributed by atoms with Gasteiger partial charge in [-0.1, -0.05) is 6.92 Å².